The summed E-state index contributed by atoms with van der Waals surface area (Å²) in [6.07, 6.45) is 9.14. The number of amides is 1. The SMILES string of the molecule is CC1(C)CC(CC(=O)OCCCCOC(=O)NC2CC(C)(C)CC(C)(CCC(=O)Sc3ccc(Sc4ccc(SC(C)(C)C)cc4)cc3)C2)CC(C)(CCC(=O)Sc2ccc(Sc3ccc(SC(C)(C)C)cc3)cc2)C1. The van der Waals surface area contributed by atoms with Crippen LogP contribution >= 0.6 is 70.6 Å². The zero-order chi connectivity index (χ0) is 55.4. The lowest BCUT2D eigenvalue weighted by molar-refractivity contribution is -0.146. The standard InChI is InChI=1S/C63H85NO6S6/c1-58(2,3)75-52-27-23-48(24-28-52)71-46-15-19-50(20-16-46)73-55(66)31-33-62(11)39-44(38-60(7,8)42-62)37-54(65)69-35-13-14-36-70-57(68)64-45-40-61(9,10)43-63(12,41-45)34-32-56(67)74-51-21-17-47(18-22-51)72-49-25-29-53(30-26-49)76-59(4,5)6/h15-30,44-45H,13-14,31-43H2,1-12H3,(H,64,68). The topological polar surface area (TPSA) is 98.8 Å². The van der Waals surface area contributed by atoms with Gasteiger partial charge in [-0.25, -0.2) is 4.79 Å². The molecule has 2 aliphatic rings. The number of benzene rings is 4. The molecule has 4 aromatic carbocycles. The molecule has 6 rings (SSSR count). The molecule has 2 fully saturated rings. The number of thioether (sulfide) groups is 4. The highest BCUT2D eigenvalue weighted by Gasteiger charge is 2.43. The van der Waals surface area contributed by atoms with Crippen LogP contribution in [-0.4, -0.2) is 51.0 Å². The van der Waals surface area contributed by atoms with Crippen LogP contribution in [0.5, 0.6) is 0 Å². The van der Waals surface area contributed by atoms with Gasteiger partial charge in [0.2, 0.25) is 0 Å². The molecule has 0 radical (unpaired) electrons. The lowest BCUT2D eigenvalue weighted by Gasteiger charge is -2.47. The lowest BCUT2D eigenvalue weighted by atomic mass is 9.59. The first-order valence-corrected chi connectivity index (χ1v) is 32.1. The molecule has 2 saturated carbocycles. The van der Waals surface area contributed by atoms with Gasteiger partial charge in [0, 0.05) is 74.0 Å². The van der Waals surface area contributed by atoms with Crippen LogP contribution < -0.4 is 5.32 Å². The Morgan fingerprint density at radius 3 is 1.29 bits per heavy atom. The molecule has 0 aromatic heterocycles. The second kappa shape index (κ2) is 27.5. The van der Waals surface area contributed by atoms with Crippen molar-refractivity contribution in [1.29, 1.82) is 0 Å². The average molecular weight is 1140 g/mol. The van der Waals surface area contributed by atoms with E-state index in [1.54, 1.807) is 23.5 Å². The molecule has 0 heterocycles. The van der Waals surface area contributed by atoms with Gasteiger partial charge in [0.05, 0.1) is 13.2 Å². The molecule has 2 aliphatic carbocycles. The molecule has 7 nitrogen and oxygen atoms in total. The Hall–Kier alpha value is -2.94. The predicted octanol–water partition coefficient (Wildman–Crippen LogP) is 19.1. The minimum absolute atomic E-state index is 0.00262. The summed E-state index contributed by atoms with van der Waals surface area (Å²) >= 11 is 9.82. The lowest BCUT2D eigenvalue weighted by Crippen LogP contribution is -2.47. The summed E-state index contributed by atoms with van der Waals surface area (Å²) in [4.78, 5) is 61.8. The summed E-state index contributed by atoms with van der Waals surface area (Å²) in [5.41, 5.74) is -0.0768. The van der Waals surface area contributed by atoms with Crippen molar-refractivity contribution in [3.63, 3.8) is 0 Å². The van der Waals surface area contributed by atoms with Gasteiger partial charge in [-0.05, 0) is 189 Å². The van der Waals surface area contributed by atoms with E-state index in [9.17, 15) is 19.2 Å². The maximum Gasteiger partial charge on any atom is 0.407 e. The molecular weight excluding hydrogens is 1060 g/mol. The summed E-state index contributed by atoms with van der Waals surface area (Å²) in [6, 6.07) is 33.9. The minimum Gasteiger partial charge on any atom is -0.466 e. The Morgan fingerprint density at radius 1 is 0.500 bits per heavy atom. The number of carbonyl (C=O) groups is 4. The molecule has 0 spiro atoms. The molecule has 1 N–H and O–H groups in total. The van der Waals surface area contributed by atoms with E-state index in [1.165, 1.54) is 43.1 Å². The Balaban J connectivity index is 0.841. The normalized spacial score (nSPS) is 21.4. The molecule has 414 valence electrons. The molecular formula is C63H85NO6S6. The molecule has 4 atom stereocenters. The number of rotatable bonds is 22. The van der Waals surface area contributed by atoms with E-state index in [-0.39, 0.29) is 72.5 Å². The summed E-state index contributed by atoms with van der Waals surface area (Å²) in [6.45, 7) is 27.5. The monoisotopic (exact) mass is 1140 g/mol. The highest BCUT2D eigenvalue weighted by molar-refractivity contribution is 8.14. The van der Waals surface area contributed by atoms with Crippen LogP contribution in [0, 0.1) is 27.6 Å². The van der Waals surface area contributed by atoms with Crippen LogP contribution in [0.1, 0.15) is 167 Å². The third-order valence-corrected chi connectivity index (χ3v) is 19.9. The average Bonchev–Trinajstić information content (AvgIpc) is 3.29. The van der Waals surface area contributed by atoms with E-state index in [0.717, 1.165) is 70.9 Å². The third kappa shape index (κ3) is 22.7. The quantitative estimate of drug-likeness (QED) is 0.0461. The van der Waals surface area contributed by atoms with Gasteiger partial charge in [0.1, 0.15) is 0 Å². The highest BCUT2D eigenvalue weighted by atomic mass is 32.2. The van der Waals surface area contributed by atoms with Gasteiger partial charge in [-0.2, -0.15) is 0 Å². The van der Waals surface area contributed by atoms with Crippen molar-refractivity contribution in [1.82, 2.24) is 5.32 Å². The van der Waals surface area contributed by atoms with E-state index in [4.69, 9.17) is 9.47 Å². The van der Waals surface area contributed by atoms with Crippen LogP contribution in [0.25, 0.3) is 0 Å². The summed E-state index contributed by atoms with van der Waals surface area (Å²) < 4.78 is 11.7. The molecule has 0 saturated heterocycles. The third-order valence-electron chi connectivity index (χ3n) is 13.7. The Morgan fingerprint density at radius 2 is 0.868 bits per heavy atom. The van der Waals surface area contributed by atoms with Gasteiger partial charge in [-0.15, -0.1) is 23.5 Å². The van der Waals surface area contributed by atoms with E-state index >= 15 is 0 Å². The number of esters is 1. The van der Waals surface area contributed by atoms with Crippen LogP contribution in [0.15, 0.2) is 136 Å². The second-order valence-corrected chi connectivity index (χ2v) is 33.9. The number of hydrogen-bond donors (Lipinski definition) is 1. The Kier molecular flexibility index (Phi) is 22.5. The van der Waals surface area contributed by atoms with Gasteiger partial charge in [-0.1, -0.05) is 130 Å². The van der Waals surface area contributed by atoms with E-state index in [0.29, 0.717) is 32.1 Å². The van der Waals surface area contributed by atoms with Gasteiger partial charge in [0.25, 0.3) is 0 Å². The van der Waals surface area contributed by atoms with Crippen molar-refractivity contribution in [3.8, 4) is 0 Å². The van der Waals surface area contributed by atoms with Gasteiger partial charge >= 0.3 is 12.1 Å². The minimum atomic E-state index is -0.424. The van der Waals surface area contributed by atoms with Crippen molar-refractivity contribution >= 4 is 92.9 Å². The largest absolute Gasteiger partial charge is 0.466 e. The van der Waals surface area contributed by atoms with Crippen molar-refractivity contribution in [3.05, 3.63) is 97.1 Å². The van der Waals surface area contributed by atoms with Gasteiger partial charge < -0.3 is 14.8 Å². The fraction of sp³-hybridized carbons (Fsp3) is 0.556. The number of nitrogens with one attached hydrogen (secondary N) is 1. The number of hydrogen-bond acceptors (Lipinski definition) is 12. The second-order valence-electron chi connectivity index (χ2n) is 25.6. The van der Waals surface area contributed by atoms with Crippen molar-refractivity contribution in [2.24, 2.45) is 27.6 Å². The Labute approximate surface area is 482 Å². The first-order chi connectivity index (χ1) is 35.6. The Bertz CT molecular complexity index is 2360. The van der Waals surface area contributed by atoms with Crippen molar-refractivity contribution in [2.45, 2.75) is 221 Å². The van der Waals surface area contributed by atoms with Gasteiger partial charge in [0.15, 0.2) is 10.2 Å². The fourth-order valence-electron chi connectivity index (χ4n) is 11.6. The van der Waals surface area contributed by atoms with Crippen LogP contribution in [0.2, 0.25) is 0 Å². The zero-order valence-electron chi connectivity index (χ0n) is 47.4. The number of alkyl carbamates (subject to hydrolysis) is 1. The molecule has 0 bridgehead atoms. The zero-order valence-corrected chi connectivity index (χ0v) is 52.3. The number of unbranched alkanes of at least 4 members (excludes halogenated alkanes) is 1. The smallest absolute Gasteiger partial charge is 0.407 e. The van der Waals surface area contributed by atoms with Crippen molar-refractivity contribution in [2.75, 3.05) is 13.2 Å². The van der Waals surface area contributed by atoms with Crippen LogP contribution in [0.3, 0.4) is 0 Å². The summed E-state index contributed by atoms with van der Waals surface area (Å²) in [5.74, 6) is 0.00897. The first-order valence-electron chi connectivity index (χ1n) is 27.2. The highest BCUT2D eigenvalue weighted by Crippen LogP contribution is 2.52. The maximum absolute atomic E-state index is 13.3. The van der Waals surface area contributed by atoms with E-state index in [1.807, 2.05) is 47.8 Å². The van der Waals surface area contributed by atoms with Crippen molar-refractivity contribution < 1.29 is 28.7 Å². The fourth-order valence-corrected chi connectivity index (χ4v) is 16.7. The summed E-state index contributed by atoms with van der Waals surface area (Å²) in [5, 5.41) is 3.47. The molecule has 76 heavy (non-hydrogen) atoms. The van der Waals surface area contributed by atoms with Gasteiger partial charge in [-0.3, -0.25) is 14.4 Å². The molecule has 4 aromatic rings. The summed E-state index contributed by atoms with van der Waals surface area (Å²) in [7, 11) is 0. The molecule has 4 unspecified atom stereocenters. The maximum atomic E-state index is 13.3. The number of carbonyl (C=O) groups excluding carboxylic acids is 4. The first kappa shape index (κ1) is 62.3. The van der Waals surface area contributed by atoms with Crippen LogP contribution in [-0.2, 0) is 23.9 Å². The molecule has 1 amide bonds. The number of ether oxygens (including phenoxy) is 2. The molecule has 13 heteroatoms. The molecule has 0 aliphatic heterocycles. The van der Waals surface area contributed by atoms with E-state index in [2.05, 4.69) is 161 Å². The van der Waals surface area contributed by atoms with E-state index < -0.39 is 6.09 Å². The van der Waals surface area contributed by atoms with Crippen LogP contribution in [0.4, 0.5) is 4.79 Å². The predicted molar refractivity (Wildman–Crippen MR) is 323 cm³/mol.